The number of Topliss-reactive ketones (excluding diaryl/α,β-unsaturated/α-hetero) is 1. The van der Waals surface area contributed by atoms with Gasteiger partial charge in [0.1, 0.15) is 17.5 Å². The number of allylic oxidation sites excluding steroid dienone is 1. The molecule has 1 aromatic rings. The van der Waals surface area contributed by atoms with E-state index in [1.807, 2.05) is 0 Å². The second-order valence-electron chi connectivity index (χ2n) is 3.46. The zero-order valence-corrected chi connectivity index (χ0v) is 9.07. The Labute approximate surface area is 93.4 Å². The first-order valence-electron chi connectivity index (χ1n) is 4.63. The maximum absolute atomic E-state index is 12.9. The molecular weight excluding hydrogens is 207 g/mol. The lowest BCUT2D eigenvalue weighted by atomic mass is 10.1. The van der Waals surface area contributed by atoms with Crippen molar-refractivity contribution in [1.82, 2.24) is 4.90 Å². The third kappa shape index (κ3) is 2.92. The quantitative estimate of drug-likeness (QED) is 0.442. The summed E-state index contributed by atoms with van der Waals surface area (Å²) < 4.78 is 12.9. The second-order valence-corrected chi connectivity index (χ2v) is 3.46. The molecule has 0 aliphatic carbocycles. The number of carbonyl (C=O) groups excluding carboxylic acids is 1. The van der Waals surface area contributed by atoms with Gasteiger partial charge in [-0.05, 0) is 12.1 Å². The number of hydrogen-bond acceptors (Lipinski definition) is 3. The van der Waals surface area contributed by atoms with E-state index in [1.165, 1.54) is 24.4 Å². The van der Waals surface area contributed by atoms with Gasteiger partial charge in [-0.3, -0.25) is 4.79 Å². The highest BCUT2D eigenvalue weighted by molar-refractivity contribution is 6.11. The van der Waals surface area contributed by atoms with Crippen molar-refractivity contribution in [2.45, 2.75) is 0 Å². The average Bonchev–Trinajstić information content (AvgIpc) is 2.24. The van der Waals surface area contributed by atoms with Crippen LogP contribution in [0.1, 0.15) is 10.4 Å². The van der Waals surface area contributed by atoms with E-state index in [2.05, 4.69) is 0 Å². The van der Waals surface area contributed by atoms with Gasteiger partial charge in [-0.1, -0.05) is 12.1 Å². The Hall–Kier alpha value is -2.15. The highest BCUT2D eigenvalue weighted by Gasteiger charge is 2.12. The van der Waals surface area contributed by atoms with Crippen molar-refractivity contribution in [3.05, 3.63) is 47.4 Å². The average molecular weight is 218 g/mol. The van der Waals surface area contributed by atoms with Crippen molar-refractivity contribution in [2.24, 2.45) is 0 Å². The lowest BCUT2D eigenvalue weighted by Gasteiger charge is -2.05. The summed E-state index contributed by atoms with van der Waals surface area (Å²) in [6.07, 6.45) is 1.41. The fraction of sp³-hybridized carbons (Fsp3) is 0.167. The van der Waals surface area contributed by atoms with Crippen molar-refractivity contribution in [3.8, 4) is 6.07 Å². The standard InChI is InChI=1S/C12H11FN2O/c1-15(2)8-10(7-14)12(16)9-4-3-5-11(13)6-9/h3-6,8H,1-2H3. The Kier molecular flexibility index (Phi) is 3.78. The highest BCUT2D eigenvalue weighted by atomic mass is 19.1. The van der Waals surface area contributed by atoms with Crippen LogP contribution in [-0.2, 0) is 0 Å². The van der Waals surface area contributed by atoms with Crippen LogP contribution in [0.25, 0.3) is 0 Å². The summed E-state index contributed by atoms with van der Waals surface area (Å²) in [6, 6.07) is 7.08. The van der Waals surface area contributed by atoms with Crippen LogP contribution in [0.5, 0.6) is 0 Å². The molecule has 0 aliphatic rings. The summed E-state index contributed by atoms with van der Waals surface area (Å²) in [5.74, 6) is -0.969. The molecule has 1 aromatic carbocycles. The van der Waals surface area contributed by atoms with Gasteiger partial charge in [0.2, 0.25) is 5.78 Å². The van der Waals surface area contributed by atoms with Gasteiger partial charge in [0.25, 0.3) is 0 Å². The molecule has 4 heteroatoms. The van der Waals surface area contributed by atoms with Crippen LogP contribution < -0.4 is 0 Å². The second kappa shape index (κ2) is 5.08. The Morgan fingerprint density at radius 2 is 2.19 bits per heavy atom. The summed E-state index contributed by atoms with van der Waals surface area (Å²) >= 11 is 0. The smallest absolute Gasteiger partial charge is 0.205 e. The molecule has 1 rings (SSSR count). The van der Waals surface area contributed by atoms with Crippen LogP contribution in [-0.4, -0.2) is 24.8 Å². The third-order valence-corrected chi connectivity index (χ3v) is 1.84. The Morgan fingerprint density at radius 3 is 2.69 bits per heavy atom. The molecule has 0 spiro atoms. The summed E-state index contributed by atoms with van der Waals surface area (Å²) in [7, 11) is 3.41. The molecule has 0 aromatic heterocycles. The third-order valence-electron chi connectivity index (χ3n) is 1.84. The maximum Gasteiger partial charge on any atom is 0.205 e. The van der Waals surface area contributed by atoms with Gasteiger partial charge >= 0.3 is 0 Å². The molecular formula is C12H11FN2O. The van der Waals surface area contributed by atoms with E-state index >= 15 is 0 Å². The van der Waals surface area contributed by atoms with Crippen molar-refractivity contribution in [1.29, 1.82) is 5.26 Å². The van der Waals surface area contributed by atoms with E-state index in [0.29, 0.717) is 0 Å². The van der Waals surface area contributed by atoms with E-state index < -0.39 is 11.6 Å². The van der Waals surface area contributed by atoms with Crippen LogP contribution in [0.15, 0.2) is 36.0 Å². The van der Waals surface area contributed by atoms with E-state index in [4.69, 9.17) is 5.26 Å². The van der Waals surface area contributed by atoms with Gasteiger partial charge in [-0.2, -0.15) is 5.26 Å². The van der Waals surface area contributed by atoms with Crippen molar-refractivity contribution >= 4 is 5.78 Å². The van der Waals surface area contributed by atoms with Crippen LogP contribution in [0, 0.1) is 17.1 Å². The number of benzene rings is 1. The first-order valence-corrected chi connectivity index (χ1v) is 4.63. The van der Waals surface area contributed by atoms with Gasteiger partial charge in [-0.25, -0.2) is 4.39 Å². The lowest BCUT2D eigenvalue weighted by molar-refractivity contribution is 0.103. The molecule has 0 bridgehead atoms. The molecule has 0 fully saturated rings. The molecule has 82 valence electrons. The summed E-state index contributed by atoms with van der Waals surface area (Å²) in [6.45, 7) is 0. The molecule has 0 atom stereocenters. The fourth-order valence-electron chi connectivity index (χ4n) is 1.18. The van der Waals surface area contributed by atoms with Gasteiger partial charge in [0, 0.05) is 25.9 Å². The molecule has 16 heavy (non-hydrogen) atoms. The van der Waals surface area contributed by atoms with Gasteiger partial charge in [0.15, 0.2) is 0 Å². The number of halogens is 1. The molecule has 0 saturated heterocycles. The number of carbonyl (C=O) groups is 1. The minimum atomic E-state index is -0.493. The fourth-order valence-corrected chi connectivity index (χ4v) is 1.18. The van der Waals surface area contributed by atoms with Crippen LogP contribution >= 0.6 is 0 Å². The maximum atomic E-state index is 12.9. The number of nitrogens with zero attached hydrogens (tertiary/aromatic N) is 2. The molecule has 3 nitrogen and oxygen atoms in total. The SMILES string of the molecule is CN(C)C=C(C#N)C(=O)c1cccc(F)c1. The Morgan fingerprint density at radius 1 is 1.50 bits per heavy atom. The minimum Gasteiger partial charge on any atom is -0.382 e. The first kappa shape index (κ1) is 11.9. The number of hydrogen-bond donors (Lipinski definition) is 0. The van der Waals surface area contributed by atoms with E-state index in [1.54, 1.807) is 25.1 Å². The molecule has 0 heterocycles. The van der Waals surface area contributed by atoms with Crippen LogP contribution in [0.4, 0.5) is 4.39 Å². The number of ketones is 1. The van der Waals surface area contributed by atoms with Crippen molar-refractivity contribution < 1.29 is 9.18 Å². The normalized spacial score (nSPS) is 10.8. The largest absolute Gasteiger partial charge is 0.382 e. The monoisotopic (exact) mass is 218 g/mol. The van der Waals surface area contributed by atoms with E-state index in [-0.39, 0.29) is 11.1 Å². The number of rotatable bonds is 3. The van der Waals surface area contributed by atoms with E-state index in [9.17, 15) is 9.18 Å². The Balaban J connectivity index is 3.07. The lowest BCUT2D eigenvalue weighted by Crippen LogP contribution is -2.09. The van der Waals surface area contributed by atoms with Gasteiger partial charge < -0.3 is 4.90 Å². The molecule has 0 radical (unpaired) electrons. The molecule has 0 N–H and O–H groups in total. The van der Waals surface area contributed by atoms with Crippen LogP contribution in [0.3, 0.4) is 0 Å². The van der Waals surface area contributed by atoms with Gasteiger partial charge in [0.05, 0.1) is 0 Å². The zero-order chi connectivity index (χ0) is 12.1. The summed E-state index contributed by atoms with van der Waals surface area (Å²) in [5.41, 5.74) is 0.158. The molecule has 0 amide bonds. The molecule has 0 aliphatic heterocycles. The zero-order valence-electron chi connectivity index (χ0n) is 9.07. The predicted molar refractivity (Wildman–Crippen MR) is 58.1 cm³/mol. The topological polar surface area (TPSA) is 44.1 Å². The van der Waals surface area contributed by atoms with Gasteiger partial charge in [-0.15, -0.1) is 0 Å². The predicted octanol–water partition coefficient (Wildman–Crippen LogP) is 1.98. The first-order chi connectivity index (χ1) is 7.54. The number of nitriles is 1. The molecule has 0 unspecified atom stereocenters. The van der Waals surface area contributed by atoms with E-state index in [0.717, 1.165) is 6.07 Å². The van der Waals surface area contributed by atoms with Crippen molar-refractivity contribution in [3.63, 3.8) is 0 Å². The summed E-state index contributed by atoms with van der Waals surface area (Å²) in [4.78, 5) is 13.4. The minimum absolute atomic E-state index is 0.0180. The highest BCUT2D eigenvalue weighted by Crippen LogP contribution is 2.10. The van der Waals surface area contributed by atoms with Crippen LogP contribution in [0.2, 0.25) is 0 Å². The Bertz CT molecular complexity index is 472. The molecule has 0 saturated carbocycles. The van der Waals surface area contributed by atoms with Crippen molar-refractivity contribution in [2.75, 3.05) is 14.1 Å². The summed E-state index contributed by atoms with van der Waals surface area (Å²) in [5, 5.41) is 8.82.